The second-order valence-corrected chi connectivity index (χ2v) is 2.86. The number of hydrogen-bond acceptors (Lipinski definition) is 3. The van der Waals surface area contributed by atoms with Gasteiger partial charge in [-0.1, -0.05) is 0 Å². The maximum absolute atomic E-state index is 8.80. The molecule has 1 N–H and O–H groups in total. The van der Waals surface area contributed by atoms with Gasteiger partial charge >= 0.3 is 0 Å². The molecule has 0 aromatic heterocycles. The van der Waals surface area contributed by atoms with Crippen molar-refractivity contribution in [1.82, 2.24) is 5.32 Å². The van der Waals surface area contributed by atoms with Crippen LogP contribution in [0.5, 0.6) is 0 Å². The Bertz CT molecular complexity index is 266. The van der Waals surface area contributed by atoms with Crippen LogP contribution < -0.4 is 5.32 Å². The topological polar surface area (TPSA) is 48.2 Å². The zero-order valence-electron chi connectivity index (χ0n) is 6.09. The van der Waals surface area contributed by atoms with Gasteiger partial charge in [0.1, 0.15) is 11.3 Å². The van der Waals surface area contributed by atoms with Crippen LogP contribution >= 0.6 is 0 Å². The van der Waals surface area contributed by atoms with Gasteiger partial charge in [0.15, 0.2) is 0 Å². The van der Waals surface area contributed by atoms with E-state index in [0.717, 1.165) is 18.7 Å². The fourth-order valence-corrected chi connectivity index (χ4v) is 1.16. The quantitative estimate of drug-likeness (QED) is 0.589. The Morgan fingerprint density at radius 1 is 1.73 bits per heavy atom. The van der Waals surface area contributed by atoms with Crippen LogP contribution in [-0.4, -0.2) is 12.4 Å². The molecule has 0 atom stereocenters. The molecule has 1 aliphatic heterocycles. The van der Waals surface area contributed by atoms with Gasteiger partial charge in [0.05, 0.1) is 6.07 Å². The van der Waals surface area contributed by atoms with E-state index in [2.05, 4.69) is 22.5 Å². The number of aliphatic imine (C=N–C) groups is 1. The van der Waals surface area contributed by atoms with E-state index >= 15 is 0 Å². The molecule has 3 nitrogen and oxygen atoms in total. The van der Waals surface area contributed by atoms with E-state index in [1.165, 1.54) is 0 Å². The zero-order chi connectivity index (χ0) is 7.73. The molecule has 0 aromatic rings. The van der Waals surface area contributed by atoms with Gasteiger partial charge < -0.3 is 5.32 Å². The fraction of sp³-hybridized carbons (Fsp3) is 0.500. The van der Waals surface area contributed by atoms with Gasteiger partial charge in [0.25, 0.3) is 0 Å². The number of nitrogens with one attached hydrogen (secondary N) is 1. The van der Waals surface area contributed by atoms with Crippen molar-refractivity contribution >= 4 is 5.84 Å². The first-order chi connectivity index (χ1) is 5.37. The SMILES string of the molecule is N#CC1(C2=NC=[C]CN2)CC1. The number of hydrogen-bond donors (Lipinski definition) is 1. The molecule has 55 valence electrons. The summed E-state index contributed by atoms with van der Waals surface area (Å²) >= 11 is 0. The van der Waals surface area contributed by atoms with Gasteiger partial charge in [-0.15, -0.1) is 0 Å². The first kappa shape index (κ1) is 6.41. The molecule has 1 saturated carbocycles. The van der Waals surface area contributed by atoms with Crippen molar-refractivity contribution in [3.63, 3.8) is 0 Å². The Balaban J connectivity index is 2.22. The Morgan fingerprint density at radius 3 is 3.00 bits per heavy atom. The van der Waals surface area contributed by atoms with Crippen LogP contribution in [0.15, 0.2) is 11.2 Å². The van der Waals surface area contributed by atoms with Crippen LogP contribution in [0.1, 0.15) is 12.8 Å². The Hall–Kier alpha value is -1.30. The Kier molecular flexibility index (Phi) is 1.22. The second kappa shape index (κ2) is 2.09. The minimum absolute atomic E-state index is 0.265. The lowest BCUT2D eigenvalue weighted by atomic mass is 10.1. The van der Waals surface area contributed by atoms with Gasteiger partial charge in [0.2, 0.25) is 0 Å². The van der Waals surface area contributed by atoms with Crippen molar-refractivity contribution in [2.24, 2.45) is 10.4 Å². The summed E-state index contributed by atoms with van der Waals surface area (Å²) in [6.45, 7) is 0.683. The lowest BCUT2D eigenvalue weighted by molar-refractivity contribution is 0.832. The van der Waals surface area contributed by atoms with Crippen molar-refractivity contribution in [2.45, 2.75) is 12.8 Å². The van der Waals surface area contributed by atoms with Gasteiger partial charge in [-0.05, 0) is 18.9 Å². The minimum Gasteiger partial charge on any atom is -0.368 e. The molecule has 1 radical (unpaired) electrons. The van der Waals surface area contributed by atoms with Crippen molar-refractivity contribution in [1.29, 1.82) is 5.26 Å². The molecular weight excluding hydrogens is 138 g/mol. The van der Waals surface area contributed by atoms with E-state index in [-0.39, 0.29) is 5.41 Å². The molecule has 11 heavy (non-hydrogen) atoms. The van der Waals surface area contributed by atoms with Crippen LogP contribution in [0.2, 0.25) is 0 Å². The summed E-state index contributed by atoms with van der Waals surface area (Å²) in [5.74, 6) is 0.832. The van der Waals surface area contributed by atoms with E-state index < -0.39 is 0 Å². The third-order valence-electron chi connectivity index (χ3n) is 2.06. The molecule has 0 bridgehead atoms. The molecule has 3 heteroatoms. The van der Waals surface area contributed by atoms with Crippen molar-refractivity contribution < 1.29 is 0 Å². The van der Waals surface area contributed by atoms with E-state index in [1.807, 2.05) is 0 Å². The first-order valence-corrected chi connectivity index (χ1v) is 3.66. The lowest BCUT2D eigenvalue weighted by Gasteiger charge is -2.13. The summed E-state index contributed by atoms with van der Waals surface area (Å²) in [5, 5.41) is 11.9. The summed E-state index contributed by atoms with van der Waals surface area (Å²) in [5.41, 5.74) is -0.265. The van der Waals surface area contributed by atoms with Gasteiger partial charge in [-0.2, -0.15) is 5.26 Å². The highest BCUT2D eigenvalue weighted by molar-refractivity contribution is 5.94. The van der Waals surface area contributed by atoms with Crippen LogP contribution in [0.3, 0.4) is 0 Å². The molecule has 2 rings (SSSR count). The Labute approximate surface area is 65.4 Å². The van der Waals surface area contributed by atoms with E-state index in [9.17, 15) is 0 Å². The van der Waals surface area contributed by atoms with Crippen LogP contribution in [0.25, 0.3) is 0 Å². The first-order valence-electron chi connectivity index (χ1n) is 3.66. The lowest BCUT2D eigenvalue weighted by Crippen LogP contribution is -2.33. The van der Waals surface area contributed by atoms with Crippen molar-refractivity contribution in [3.8, 4) is 6.07 Å². The normalized spacial score (nSPS) is 24.8. The third kappa shape index (κ3) is 0.911. The van der Waals surface area contributed by atoms with E-state index in [1.54, 1.807) is 6.20 Å². The van der Waals surface area contributed by atoms with E-state index in [4.69, 9.17) is 5.26 Å². The number of nitriles is 1. The summed E-state index contributed by atoms with van der Waals surface area (Å²) in [6, 6.07) is 2.28. The zero-order valence-corrected chi connectivity index (χ0v) is 6.09. The molecule has 1 heterocycles. The highest BCUT2D eigenvalue weighted by atomic mass is 15.0. The smallest absolute Gasteiger partial charge is 0.122 e. The predicted molar refractivity (Wildman–Crippen MR) is 40.5 cm³/mol. The standard InChI is InChI=1S/C8H8N3/c9-6-8(2-3-8)7-10-4-1-5-11-7/h4H,2-3,5H2,(H,10,11). The minimum atomic E-state index is -0.265. The maximum Gasteiger partial charge on any atom is 0.122 e. The maximum atomic E-state index is 8.80. The highest BCUT2D eigenvalue weighted by Crippen LogP contribution is 2.45. The highest BCUT2D eigenvalue weighted by Gasteiger charge is 2.48. The van der Waals surface area contributed by atoms with Crippen LogP contribution in [-0.2, 0) is 0 Å². The molecule has 0 unspecified atom stereocenters. The van der Waals surface area contributed by atoms with E-state index in [0.29, 0.717) is 6.54 Å². The molecule has 2 aliphatic rings. The van der Waals surface area contributed by atoms with Gasteiger partial charge in [-0.3, -0.25) is 0 Å². The fourth-order valence-electron chi connectivity index (χ4n) is 1.16. The molecule has 0 amide bonds. The third-order valence-corrected chi connectivity index (χ3v) is 2.06. The largest absolute Gasteiger partial charge is 0.368 e. The van der Waals surface area contributed by atoms with Gasteiger partial charge in [-0.25, -0.2) is 4.99 Å². The average Bonchev–Trinajstić information content (AvgIpc) is 2.86. The molecule has 0 saturated heterocycles. The van der Waals surface area contributed by atoms with Gasteiger partial charge in [0, 0.05) is 12.7 Å². The summed E-state index contributed by atoms with van der Waals surface area (Å²) in [6.07, 6.45) is 6.44. The van der Waals surface area contributed by atoms with Crippen LogP contribution in [0.4, 0.5) is 0 Å². The molecule has 1 aliphatic carbocycles. The van der Waals surface area contributed by atoms with Crippen molar-refractivity contribution in [2.75, 3.05) is 6.54 Å². The monoisotopic (exact) mass is 146 g/mol. The van der Waals surface area contributed by atoms with Crippen molar-refractivity contribution in [3.05, 3.63) is 12.3 Å². The summed E-state index contributed by atoms with van der Waals surface area (Å²) in [7, 11) is 0. The molecule has 0 spiro atoms. The summed E-state index contributed by atoms with van der Waals surface area (Å²) in [4.78, 5) is 4.08. The summed E-state index contributed by atoms with van der Waals surface area (Å²) < 4.78 is 0. The molecule has 0 aromatic carbocycles. The number of nitrogens with zero attached hydrogens (tertiary/aromatic N) is 2. The molecule has 1 fully saturated rings. The number of amidine groups is 1. The Morgan fingerprint density at radius 2 is 2.55 bits per heavy atom. The molecular formula is C8H8N3. The average molecular weight is 146 g/mol. The predicted octanol–water partition coefficient (Wildman–Crippen LogP) is 0.609. The second-order valence-electron chi connectivity index (χ2n) is 2.86. The van der Waals surface area contributed by atoms with Crippen LogP contribution in [0, 0.1) is 22.8 Å². The number of rotatable bonds is 1.